The van der Waals surface area contributed by atoms with Crippen molar-refractivity contribution in [1.82, 2.24) is 15.2 Å². The van der Waals surface area contributed by atoms with E-state index >= 15 is 0 Å². The van der Waals surface area contributed by atoms with E-state index < -0.39 is 6.04 Å². The summed E-state index contributed by atoms with van der Waals surface area (Å²) < 4.78 is 10.9. The lowest BCUT2D eigenvalue weighted by Crippen LogP contribution is -2.13. The molecule has 2 aromatic carbocycles. The van der Waals surface area contributed by atoms with Crippen LogP contribution in [0.3, 0.4) is 0 Å². The minimum Gasteiger partial charge on any atom is -0.493 e. The maximum Gasteiger partial charge on any atom is 0.181 e. The summed E-state index contributed by atoms with van der Waals surface area (Å²) in [6.45, 7) is 2.49. The molecule has 0 amide bonds. The Kier molecular flexibility index (Phi) is 5.21. The van der Waals surface area contributed by atoms with Crippen LogP contribution in [0.5, 0.6) is 11.5 Å². The first-order valence-electron chi connectivity index (χ1n) is 7.87. The Morgan fingerprint density at radius 1 is 1.16 bits per heavy atom. The van der Waals surface area contributed by atoms with Crippen molar-refractivity contribution >= 4 is 11.6 Å². The van der Waals surface area contributed by atoms with E-state index in [1.165, 1.54) is 0 Å². The first-order valence-corrected chi connectivity index (χ1v) is 8.24. The van der Waals surface area contributed by atoms with Crippen molar-refractivity contribution < 1.29 is 9.47 Å². The SMILES string of the molecule is CCOc1ccc(-c2n[nH]c(C(N)c3ccc(Cl)cc3)n2)cc1OC. The van der Waals surface area contributed by atoms with Crippen LogP contribution in [0, 0.1) is 0 Å². The minimum atomic E-state index is -0.414. The molecule has 3 aromatic rings. The highest BCUT2D eigenvalue weighted by molar-refractivity contribution is 6.30. The van der Waals surface area contributed by atoms with Crippen LogP contribution >= 0.6 is 11.6 Å². The molecule has 7 heteroatoms. The number of aromatic nitrogens is 3. The second-order valence-electron chi connectivity index (χ2n) is 5.37. The number of benzene rings is 2. The average Bonchev–Trinajstić information content (AvgIpc) is 3.12. The van der Waals surface area contributed by atoms with Gasteiger partial charge in [0.25, 0.3) is 0 Å². The molecule has 25 heavy (non-hydrogen) atoms. The molecule has 0 spiro atoms. The Morgan fingerprint density at radius 2 is 1.92 bits per heavy atom. The van der Waals surface area contributed by atoms with Gasteiger partial charge in [0.05, 0.1) is 19.8 Å². The fourth-order valence-corrected chi connectivity index (χ4v) is 2.58. The molecule has 1 unspecified atom stereocenters. The minimum absolute atomic E-state index is 0.414. The molecule has 6 nitrogen and oxygen atoms in total. The molecule has 0 aliphatic carbocycles. The van der Waals surface area contributed by atoms with Gasteiger partial charge in [0.2, 0.25) is 0 Å². The number of rotatable bonds is 6. The first-order chi connectivity index (χ1) is 12.1. The van der Waals surface area contributed by atoms with Crippen LogP contribution in [-0.2, 0) is 0 Å². The molecule has 0 fully saturated rings. The van der Waals surface area contributed by atoms with E-state index in [2.05, 4.69) is 15.2 Å². The van der Waals surface area contributed by atoms with Crippen LogP contribution in [-0.4, -0.2) is 28.9 Å². The monoisotopic (exact) mass is 358 g/mol. The van der Waals surface area contributed by atoms with E-state index in [1.807, 2.05) is 37.3 Å². The Morgan fingerprint density at radius 3 is 2.60 bits per heavy atom. The van der Waals surface area contributed by atoms with Gasteiger partial charge in [-0.1, -0.05) is 23.7 Å². The quantitative estimate of drug-likeness (QED) is 0.703. The zero-order valence-electron chi connectivity index (χ0n) is 14.0. The molecule has 0 aliphatic rings. The van der Waals surface area contributed by atoms with Gasteiger partial charge >= 0.3 is 0 Å². The van der Waals surface area contributed by atoms with Gasteiger partial charge in [-0.15, -0.1) is 0 Å². The lowest BCUT2D eigenvalue weighted by molar-refractivity contribution is 0.311. The number of ether oxygens (including phenoxy) is 2. The lowest BCUT2D eigenvalue weighted by atomic mass is 10.1. The van der Waals surface area contributed by atoms with Gasteiger partial charge in [-0.05, 0) is 42.8 Å². The number of H-pyrrole nitrogens is 1. The second kappa shape index (κ2) is 7.55. The lowest BCUT2D eigenvalue weighted by Gasteiger charge is -2.10. The summed E-state index contributed by atoms with van der Waals surface area (Å²) in [6.07, 6.45) is 0. The van der Waals surface area contributed by atoms with Crippen LogP contribution in [0.15, 0.2) is 42.5 Å². The Labute approximate surface area is 150 Å². The number of hydrogen-bond acceptors (Lipinski definition) is 5. The Hall–Kier alpha value is -2.57. The van der Waals surface area contributed by atoms with Crippen LogP contribution < -0.4 is 15.2 Å². The van der Waals surface area contributed by atoms with Crippen LogP contribution in [0.25, 0.3) is 11.4 Å². The van der Waals surface area contributed by atoms with Crippen molar-refractivity contribution in [3.8, 4) is 22.9 Å². The van der Waals surface area contributed by atoms with E-state index in [4.69, 9.17) is 26.8 Å². The van der Waals surface area contributed by atoms with E-state index in [-0.39, 0.29) is 0 Å². The third kappa shape index (κ3) is 3.75. The van der Waals surface area contributed by atoms with Crippen molar-refractivity contribution in [3.05, 3.63) is 58.9 Å². The predicted octanol–water partition coefficient (Wildman–Crippen LogP) is 3.58. The van der Waals surface area contributed by atoms with Gasteiger partial charge in [-0.2, -0.15) is 5.10 Å². The van der Waals surface area contributed by atoms with E-state index in [0.29, 0.717) is 34.8 Å². The Bertz CT molecular complexity index is 849. The molecule has 1 heterocycles. The summed E-state index contributed by atoms with van der Waals surface area (Å²) in [6, 6.07) is 12.5. The molecule has 0 radical (unpaired) electrons. The number of nitrogens with two attached hydrogens (primary N) is 1. The van der Waals surface area contributed by atoms with Gasteiger partial charge in [0.1, 0.15) is 5.82 Å². The summed E-state index contributed by atoms with van der Waals surface area (Å²) in [4.78, 5) is 4.51. The number of methoxy groups -OCH3 is 1. The molecule has 0 saturated carbocycles. The third-order valence-corrected chi connectivity index (χ3v) is 4.00. The first kappa shape index (κ1) is 17.3. The summed E-state index contributed by atoms with van der Waals surface area (Å²) in [5, 5.41) is 7.83. The molecule has 0 saturated heterocycles. The van der Waals surface area contributed by atoms with Crippen LogP contribution in [0.2, 0.25) is 5.02 Å². The highest BCUT2D eigenvalue weighted by Gasteiger charge is 2.16. The molecule has 3 N–H and O–H groups in total. The van der Waals surface area contributed by atoms with Crippen LogP contribution in [0.4, 0.5) is 0 Å². The van der Waals surface area contributed by atoms with E-state index in [9.17, 15) is 0 Å². The number of aromatic amines is 1. The van der Waals surface area contributed by atoms with Crippen molar-refractivity contribution in [2.45, 2.75) is 13.0 Å². The van der Waals surface area contributed by atoms with Gasteiger partial charge in [-0.3, -0.25) is 5.10 Å². The van der Waals surface area contributed by atoms with Crippen molar-refractivity contribution in [1.29, 1.82) is 0 Å². The molecule has 3 rings (SSSR count). The highest BCUT2D eigenvalue weighted by atomic mass is 35.5. The fraction of sp³-hybridized carbons (Fsp3) is 0.222. The number of hydrogen-bond donors (Lipinski definition) is 2. The largest absolute Gasteiger partial charge is 0.493 e. The van der Waals surface area contributed by atoms with Gasteiger partial charge in [-0.25, -0.2) is 4.98 Å². The van der Waals surface area contributed by atoms with Gasteiger partial charge in [0.15, 0.2) is 17.3 Å². The molecule has 0 bridgehead atoms. The number of nitrogens with one attached hydrogen (secondary N) is 1. The molecular weight excluding hydrogens is 340 g/mol. The maximum absolute atomic E-state index is 6.26. The number of nitrogens with zero attached hydrogens (tertiary/aromatic N) is 2. The molecular formula is C18H19ClN4O2. The molecule has 0 aliphatic heterocycles. The zero-order valence-corrected chi connectivity index (χ0v) is 14.7. The summed E-state index contributed by atoms with van der Waals surface area (Å²) in [7, 11) is 1.60. The molecule has 1 aromatic heterocycles. The van der Waals surface area contributed by atoms with Gasteiger partial charge in [0, 0.05) is 10.6 Å². The third-order valence-electron chi connectivity index (χ3n) is 3.75. The average molecular weight is 359 g/mol. The maximum atomic E-state index is 6.26. The molecule has 1 atom stereocenters. The van der Waals surface area contributed by atoms with Crippen molar-refractivity contribution in [3.63, 3.8) is 0 Å². The van der Waals surface area contributed by atoms with E-state index in [1.54, 1.807) is 19.2 Å². The second-order valence-corrected chi connectivity index (χ2v) is 5.81. The van der Waals surface area contributed by atoms with E-state index in [0.717, 1.165) is 11.1 Å². The topological polar surface area (TPSA) is 86.0 Å². The standard InChI is InChI=1S/C18H19ClN4O2/c1-3-25-14-9-6-12(10-15(14)24-2)17-21-18(23-22-17)16(20)11-4-7-13(19)8-5-11/h4-10,16H,3,20H2,1-2H3,(H,21,22,23). The summed E-state index contributed by atoms with van der Waals surface area (Å²) in [5.74, 6) is 2.43. The van der Waals surface area contributed by atoms with Crippen LogP contribution in [0.1, 0.15) is 24.4 Å². The summed E-state index contributed by atoms with van der Waals surface area (Å²) >= 11 is 5.91. The zero-order chi connectivity index (χ0) is 17.8. The van der Waals surface area contributed by atoms with Crippen molar-refractivity contribution in [2.24, 2.45) is 5.73 Å². The highest BCUT2D eigenvalue weighted by Crippen LogP contribution is 2.31. The van der Waals surface area contributed by atoms with Gasteiger partial charge < -0.3 is 15.2 Å². The smallest absolute Gasteiger partial charge is 0.181 e. The molecule has 130 valence electrons. The number of halogens is 1. The van der Waals surface area contributed by atoms with Crippen molar-refractivity contribution in [2.75, 3.05) is 13.7 Å². The Balaban J connectivity index is 1.87. The fourth-order valence-electron chi connectivity index (χ4n) is 2.45. The normalized spacial score (nSPS) is 12.0. The summed E-state index contributed by atoms with van der Waals surface area (Å²) in [5.41, 5.74) is 7.97. The predicted molar refractivity (Wildman–Crippen MR) is 97.0 cm³/mol.